The van der Waals surface area contributed by atoms with Crippen molar-refractivity contribution in [2.75, 3.05) is 21.2 Å². The lowest BCUT2D eigenvalue weighted by Crippen LogP contribution is -2.21. The molecule has 0 spiro atoms. The van der Waals surface area contributed by atoms with Gasteiger partial charge in [-0.25, -0.2) is 0 Å². The standard InChI is InChI=1S/C12H15IN4O/c1-16-8-9-17(2)13-12(16)15-14-10-4-6-11(18-3)7-5-10/h4-9H,1-3H3. The molecule has 1 heterocycles. The zero-order chi connectivity index (χ0) is 13.0. The molecule has 0 aromatic heterocycles. The van der Waals surface area contributed by atoms with Crippen LogP contribution in [0, 0.1) is 0 Å². The highest BCUT2D eigenvalue weighted by atomic mass is 127. The fourth-order valence-corrected chi connectivity index (χ4v) is 2.99. The Bertz CT molecular complexity index is 495. The molecule has 0 fully saturated rings. The fraction of sp³-hybridized carbons (Fsp3) is 0.250. The first-order valence-corrected chi connectivity index (χ1v) is 7.45. The zero-order valence-electron chi connectivity index (χ0n) is 10.5. The molecule has 18 heavy (non-hydrogen) atoms. The Balaban J connectivity index is 2.10. The van der Waals surface area contributed by atoms with Crippen LogP contribution in [0.2, 0.25) is 0 Å². The van der Waals surface area contributed by atoms with E-state index in [1.54, 1.807) is 7.11 Å². The summed E-state index contributed by atoms with van der Waals surface area (Å²) in [6.45, 7) is 0. The quantitative estimate of drug-likeness (QED) is 0.474. The maximum absolute atomic E-state index is 5.10. The van der Waals surface area contributed by atoms with Crippen LogP contribution in [-0.4, -0.2) is 33.0 Å². The molecule has 0 bridgehead atoms. The summed E-state index contributed by atoms with van der Waals surface area (Å²) in [5, 5.41) is 8.57. The average Bonchev–Trinajstić information content (AvgIpc) is 2.40. The van der Waals surface area contributed by atoms with Crippen LogP contribution in [0.3, 0.4) is 0 Å². The third kappa shape index (κ3) is 3.28. The number of nitrogens with zero attached hydrogens (tertiary/aromatic N) is 4. The second-order valence-corrected chi connectivity index (χ2v) is 6.65. The van der Waals surface area contributed by atoms with Crippen LogP contribution in [0.5, 0.6) is 5.75 Å². The van der Waals surface area contributed by atoms with Crippen molar-refractivity contribution in [2.45, 2.75) is 0 Å². The highest BCUT2D eigenvalue weighted by Crippen LogP contribution is 2.21. The third-order valence-corrected chi connectivity index (χ3v) is 4.81. The van der Waals surface area contributed by atoms with Crippen LogP contribution in [-0.2, 0) is 0 Å². The molecule has 1 aliphatic heterocycles. The summed E-state index contributed by atoms with van der Waals surface area (Å²) < 4.78 is 8.29. The summed E-state index contributed by atoms with van der Waals surface area (Å²) in [5.74, 6) is 0.825. The molecule has 0 unspecified atom stereocenters. The summed E-state index contributed by atoms with van der Waals surface area (Å²) in [6.07, 6.45) is 4.05. The van der Waals surface area contributed by atoms with Gasteiger partial charge in [0.2, 0.25) is 3.76 Å². The van der Waals surface area contributed by atoms with Crippen LogP contribution in [0.25, 0.3) is 0 Å². The van der Waals surface area contributed by atoms with Crippen molar-refractivity contribution in [3.63, 3.8) is 0 Å². The number of rotatable bonds is 3. The highest BCUT2D eigenvalue weighted by molar-refractivity contribution is 14.2. The Morgan fingerprint density at radius 1 is 1.06 bits per heavy atom. The number of methoxy groups -OCH3 is 1. The smallest absolute Gasteiger partial charge is 0.203 e. The Hall–Kier alpha value is -1.44. The van der Waals surface area contributed by atoms with E-state index in [1.165, 1.54) is 0 Å². The first-order chi connectivity index (χ1) is 8.69. The van der Waals surface area contributed by atoms with Crippen molar-refractivity contribution in [1.29, 1.82) is 0 Å². The van der Waals surface area contributed by atoms with Gasteiger partial charge in [0, 0.05) is 26.5 Å². The molecule has 96 valence electrons. The highest BCUT2D eigenvalue weighted by Gasteiger charge is 2.07. The molecule has 0 aliphatic carbocycles. The summed E-state index contributed by atoms with van der Waals surface area (Å²) in [5.41, 5.74) is 0.831. The number of halogens is 1. The van der Waals surface area contributed by atoms with Gasteiger partial charge < -0.3 is 12.8 Å². The Morgan fingerprint density at radius 2 is 1.78 bits per heavy atom. The maximum Gasteiger partial charge on any atom is 0.203 e. The SMILES string of the molecule is COc1ccc(N=NC2=IN(C)C=CN2C)cc1. The van der Waals surface area contributed by atoms with E-state index < -0.39 is 0 Å². The van der Waals surface area contributed by atoms with Crippen LogP contribution in [0.15, 0.2) is 46.9 Å². The van der Waals surface area contributed by atoms with E-state index in [0.717, 1.165) is 15.2 Å². The van der Waals surface area contributed by atoms with E-state index in [0.29, 0.717) is 0 Å². The molecular weight excluding hydrogens is 343 g/mol. The zero-order valence-corrected chi connectivity index (χ0v) is 12.7. The van der Waals surface area contributed by atoms with Crippen molar-refractivity contribution in [3.8, 4) is 5.75 Å². The largest absolute Gasteiger partial charge is 0.497 e. The van der Waals surface area contributed by atoms with Gasteiger partial charge in [-0.05, 0) is 24.3 Å². The second kappa shape index (κ2) is 5.94. The molecule has 6 heteroatoms. The van der Waals surface area contributed by atoms with Gasteiger partial charge in [-0.3, -0.25) is 0 Å². The number of benzene rings is 1. The summed E-state index contributed by atoms with van der Waals surface area (Å²) in [6, 6.07) is 7.54. The molecule has 0 amide bonds. The molecule has 5 nitrogen and oxygen atoms in total. The molecule has 1 aliphatic rings. The molecule has 0 saturated heterocycles. The predicted molar refractivity (Wildman–Crippen MR) is 81.2 cm³/mol. The fourth-order valence-electron chi connectivity index (χ4n) is 1.30. The molecule has 1 aromatic rings. The van der Waals surface area contributed by atoms with Crippen molar-refractivity contribution in [3.05, 3.63) is 36.7 Å². The number of ether oxygens (including phenoxy) is 1. The molecule has 0 N–H and O–H groups in total. The Kier molecular flexibility index (Phi) is 4.29. The molecule has 0 atom stereocenters. The molecule has 1 aromatic carbocycles. The monoisotopic (exact) mass is 358 g/mol. The van der Waals surface area contributed by atoms with Gasteiger partial charge in [-0.15, -0.1) is 10.2 Å². The molecular formula is C12H15IN4O. The maximum atomic E-state index is 5.10. The third-order valence-electron chi connectivity index (χ3n) is 2.32. The molecule has 0 radical (unpaired) electrons. The number of azo groups is 1. The minimum absolute atomic E-state index is 0.258. The summed E-state index contributed by atoms with van der Waals surface area (Å²) in [4.78, 5) is 2.01. The minimum atomic E-state index is -0.258. The van der Waals surface area contributed by atoms with E-state index >= 15 is 0 Å². The van der Waals surface area contributed by atoms with Gasteiger partial charge >= 0.3 is 0 Å². The van der Waals surface area contributed by atoms with E-state index in [4.69, 9.17) is 4.74 Å². The minimum Gasteiger partial charge on any atom is -0.497 e. The van der Waals surface area contributed by atoms with Crippen LogP contribution < -0.4 is 4.74 Å². The van der Waals surface area contributed by atoms with Gasteiger partial charge in [-0.2, -0.15) is 0 Å². The summed E-state index contributed by atoms with van der Waals surface area (Å²) in [7, 11) is 5.70. The van der Waals surface area contributed by atoms with Crippen molar-refractivity contribution < 1.29 is 4.74 Å². The topological polar surface area (TPSA) is 40.4 Å². The van der Waals surface area contributed by atoms with Crippen LogP contribution in [0.4, 0.5) is 5.69 Å². The van der Waals surface area contributed by atoms with Gasteiger partial charge in [-0.1, -0.05) is 0 Å². The lowest BCUT2D eigenvalue weighted by molar-refractivity contribution is 0.415. The van der Waals surface area contributed by atoms with Gasteiger partial charge in [0.1, 0.15) is 5.75 Å². The van der Waals surface area contributed by atoms with Gasteiger partial charge in [0.05, 0.1) is 33.8 Å². The Labute approximate surface area is 117 Å². The van der Waals surface area contributed by atoms with Crippen molar-refractivity contribution in [2.24, 2.45) is 10.2 Å². The van der Waals surface area contributed by atoms with Gasteiger partial charge in [0.25, 0.3) is 0 Å². The van der Waals surface area contributed by atoms with Crippen LogP contribution >= 0.6 is 21.0 Å². The van der Waals surface area contributed by atoms with E-state index in [1.807, 2.05) is 42.4 Å². The number of hydrogen-bond donors (Lipinski definition) is 0. The van der Waals surface area contributed by atoms with Crippen molar-refractivity contribution in [1.82, 2.24) is 8.01 Å². The van der Waals surface area contributed by atoms with E-state index in [9.17, 15) is 0 Å². The lowest BCUT2D eigenvalue weighted by atomic mass is 10.3. The van der Waals surface area contributed by atoms with E-state index in [-0.39, 0.29) is 21.0 Å². The Morgan fingerprint density at radius 3 is 2.44 bits per heavy atom. The van der Waals surface area contributed by atoms with E-state index in [2.05, 4.69) is 26.6 Å². The normalized spacial score (nSPS) is 15.6. The average molecular weight is 358 g/mol. The first kappa shape index (κ1) is 13.0. The first-order valence-electron chi connectivity index (χ1n) is 5.41. The summed E-state index contributed by atoms with van der Waals surface area (Å²) >= 11 is -0.258. The van der Waals surface area contributed by atoms with Crippen molar-refractivity contribution >= 4 is 30.4 Å². The predicted octanol–water partition coefficient (Wildman–Crippen LogP) is 3.10. The lowest BCUT2D eigenvalue weighted by Gasteiger charge is -2.20. The number of hydrogen-bond acceptors (Lipinski definition) is 5. The molecule has 2 rings (SSSR count). The van der Waals surface area contributed by atoms with Crippen LogP contribution in [0.1, 0.15) is 0 Å². The second-order valence-electron chi connectivity index (χ2n) is 3.69. The molecule has 0 saturated carbocycles. The van der Waals surface area contributed by atoms with Gasteiger partial charge in [0.15, 0.2) is 0 Å².